The van der Waals surface area contributed by atoms with Crippen LogP contribution in [0, 0.1) is 20.8 Å². The van der Waals surface area contributed by atoms with E-state index in [4.69, 9.17) is 16.3 Å². The zero-order valence-electron chi connectivity index (χ0n) is 19.9. The van der Waals surface area contributed by atoms with Crippen molar-refractivity contribution in [2.24, 2.45) is 0 Å². The van der Waals surface area contributed by atoms with Crippen molar-refractivity contribution >= 4 is 40.8 Å². The Labute approximate surface area is 204 Å². The average molecular weight is 484 g/mol. The summed E-state index contributed by atoms with van der Waals surface area (Å²) in [4.78, 5) is 22.8. The standard InChI is InChI=1S/C24H30ClN7O2/c1-14-10-20(15(2)9-18(14)17-5-7-32(8-6-17)22(33)13-34-4)27-24-26-12-19(25)23(29-24)28-21-11-16(3)30-31-21/h9-12,17H,5-8,13H2,1-4H3,(H3,26,27,28,29,30,31). The molecule has 1 aliphatic rings. The van der Waals surface area contributed by atoms with Gasteiger partial charge in [-0.1, -0.05) is 17.7 Å². The van der Waals surface area contributed by atoms with Gasteiger partial charge in [-0.3, -0.25) is 9.89 Å². The number of nitrogens with zero attached hydrogens (tertiary/aromatic N) is 4. The number of ether oxygens (including phenoxy) is 1. The van der Waals surface area contributed by atoms with Gasteiger partial charge in [-0.2, -0.15) is 10.1 Å². The molecule has 0 bridgehead atoms. The van der Waals surface area contributed by atoms with Crippen LogP contribution in [-0.4, -0.2) is 57.8 Å². The lowest BCUT2D eigenvalue weighted by atomic mass is 9.85. The summed E-state index contributed by atoms with van der Waals surface area (Å²) in [6.45, 7) is 7.78. The fourth-order valence-corrected chi connectivity index (χ4v) is 4.44. The summed E-state index contributed by atoms with van der Waals surface area (Å²) in [6, 6.07) is 6.24. The monoisotopic (exact) mass is 483 g/mol. The number of hydrogen-bond donors (Lipinski definition) is 3. The van der Waals surface area contributed by atoms with Crippen LogP contribution in [0.3, 0.4) is 0 Å². The molecule has 3 N–H and O–H groups in total. The van der Waals surface area contributed by atoms with Crippen LogP contribution in [0.25, 0.3) is 0 Å². The van der Waals surface area contributed by atoms with E-state index in [0.29, 0.717) is 28.5 Å². The number of methoxy groups -OCH3 is 1. The number of likely N-dealkylation sites (tertiary alicyclic amines) is 1. The summed E-state index contributed by atoms with van der Waals surface area (Å²) >= 11 is 6.28. The minimum Gasteiger partial charge on any atom is -0.375 e. The Morgan fingerprint density at radius 1 is 1.18 bits per heavy atom. The highest BCUT2D eigenvalue weighted by Gasteiger charge is 2.25. The zero-order chi connectivity index (χ0) is 24.2. The van der Waals surface area contributed by atoms with Crippen LogP contribution in [0.4, 0.5) is 23.3 Å². The van der Waals surface area contributed by atoms with Crippen LogP contribution >= 0.6 is 11.6 Å². The summed E-state index contributed by atoms with van der Waals surface area (Å²) in [5, 5.41) is 13.9. The van der Waals surface area contributed by atoms with Crippen molar-refractivity contribution in [2.45, 2.75) is 39.5 Å². The summed E-state index contributed by atoms with van der Waals surface area (Å²) in [5.74, 6) is 2.05. The van der Waals surface area contributed by atoms with Gasteiger partial charge in [-0.15, -0.1) is 0 Å². The predicted molar refractivity (Wildman–Crippen MR) is 133 cm³/mol. The van der Waals surface area contributed by atoms with Crippen LogP contribution in [-0.2, 0) is 9.53 Å². The molecular weight excluding hydrogens is 454 g/mol. The maximum absolute atomic E-state index is 12.1. The van der Waals surface area contributed by atoms with Crippen LogP contribution in [0.15, 0.2) is 24.4 Å². The molecule has 1 fully saturated rings. The van der Waals surface area contributed by atoms with Gasteiger partial charge in [0.1, 0.15) is 11.6 Å². The first-order valence-electron chi connectivity index (χ1n) is 11.3. The van der Waals surface area contributed by atoms with Gasteiger partial charge in [0.05, 0.1) is 6.20 Å². The van der Waals surface area contributed by atoms with Crippen molar-refractivity contribution in [3.8, 4) is 0 Å². The van der Waals surface area contributed by atoms with Crippen LogP contribution in [0.5, 0.6) is 0 Å². The third kappa shape index (κ3) is 5.48. The van der Waals surface area contributed by atoms with E-state index in [1.54, 1.807) is 13.3 Å². The van der Waals surface area contributed by atoms with Gasteiger partial charge in [0.25, 0.3) is 0 Å². The van der Waals surface area contributed by atoms with Gasteiger partial charge < -0.3 is 20.3 Å². The molecule has 34 heavy (non-hydrogen) atoms. The molecule has 0 atom stereocenters. The van der Waals surface area contributed by atoms with Gasteiger partial charge in [0, 0.05) is 37.6 Å². The fourth-order valence-electron chi connectivity index (χ4n) is 4.31. The summed E-state index contributed by atoms with van der Waals surface area (Å²) in [6.07, 6.45) is 3.46. The molecule has 2 aromatic heterocycles. The number of carbonyl (C=O) groups is 1. The number of anilines is 4. The average Bonchev–Trinajstić information content (AvgIpc) is 3.23. The van der Waals surface area contributed by atoms with E-state index in [2.05, 4.69) is 56.8 Å². The van der Waals surface area contributed by atoms with Gasteiger partial charge in [0.2, 0.25) is 11.9 Å². The normalized spacial score (nSPS) is 14.3. The minimum atomic E-state index is 0.0626. The van der Waals surface area contributed by atoms with E-state index < -0.39 is 0 Å². The fraction of sp³-hybridized carbons (Fsp3) is 0.417. The molecule has 3 aromatic rings. The molecule has 4 rings (SSSR count). The Morgan fingerprint density at radius 2 is 1.94 bits per heavy atom. The number of nitrogens with one attached hydrogen (secondary N) is 3. The first kappa shape index (κ1) is 24.0. The van der Waals surface area contributed by atoms with E-state index in [9.17, 15) is 4.79 Å². The third-order valence-corrected chi connectivity index (χ3v) is 6.39. The van der Waals surface area contributed by atoms with E-state index in [1.807, 2.05) is 17.9 Å². The van der Waals surface area contributed by atoms with Crippen molar-refractivity contribution in [3.63, 3.8) is 0 Å². The number of aromatic nitrogens is 4. The number of H-pyrrole nitrogens is 1. The van der Waals surface area contributed by atoms with Crippen LogP contribution in [0.2, 0.25) is 5.02 Å². The summed E-state index contributed by atoms with van der Waals surface area (Å²) in [7, 11) is 1.55. The number of amides is 1. The number of aromatic amines is 1. The second kappa shape index (κ2) is 10.4. The highest BCUT2D eigenvalue weighted by atomic mass is 35.5. The van der Waals surface area contributed by atoms with Gasteiger partial charge in [0.15, 0.2) is 11.6 Å². The van der Waals surface area contributed by atoms with Gasteiger partial charge >= 0.3 is 0 Å². The molecule has 180 valence electrons. The van der Waals surface area contributed by atoms with Crippen molar-refractivity contribution < 1.29 is 9.53 Å². The zero-order valence-corrected chi connectivity index (χ0v) is 20.7. The molecule has 10 heteroatoms. The summed E-state index contributed by atoms with van der Waals surface area (Å²) in [5.41, 5.74) is 5.51. The smallest absolute Gasteiger partial charge is 0.248 e. The molecule has 1 aliphatic heterocycles. The molecule has 0 radical (unpaired) electrons. The lowest BCUT2D eigenvalue weighted by Crippen LogP contribution is -2.39. The summed E-state index contributed by atoms with van der Waals surface area (Å²) < 4.78 is 4.99. The molecule has 0 spiro atoms. The van der Waals surface area contributed by atoms with Crippen molar-refractivity contribution in [1.29, 1.82) is 0 Å². The number of aryl methyl sites for hydroxylation is 3. The van der Waals surface area contributed by atoms with E-state index in [0.717, 1.165) is 42.9 Å². The first-order chi connectivity index (χ1) is 16.3. The maximum Gasteiger partial charge on any atom is 0.248 e. The second-order valence-electron chi connectivity index (χ2n) is 8.69. The topological polar surface area (TPSA) is 108 Å². The molecule has 0 aliphatic carbocycles. The third-order valence-electron chi connectivity index (χ3n) is 6.11. The molecule has 1 amide bonds. The van der Waals surface area contributed by atoms with E-state index >= 15 is 0 Å². The highest BCUT2D eigenvalue weighted by Crippen LogP contribution is 2.34. The van der Waals surface area contributed by atoms with Gasteiger partial charge in [-0.25, -0.2) is 4.98 Å². The largest absolute Gasteiger partial charge is 0.375 e. The Hall–Kier alpha value is -3.17. The van der Waals surface area contributed by atoms with Crippen molar-refractivity contribution in [2.75, 3.05) is 37.4 Å². The van der Waals surface area contributed by atoms with Crippen LogP contribution in [0.1, 0.15) is 41.1 Å². The molecule has 1 saturated heterocycles. The Kier molecular flexibility index (Phi) is 7.33. The molecule has 0 saturated carbocycles. The SMILES string of the molecule is COCC(=O)N1CCC(c2cc(C)c(Nc3ncc(Cl)c(Nc4cc(C)[nH]n4)n3)cc2C)CC1. The first-order valence-corrected chi connectivity index (χ1v) is 11.7. The second-order valence-corrected chi connectivity index (χ2v) is 9.10. The molecule has 3 heterocycles. The predicted octanol–water partition coefficient (Wildman–Crippen LogP) is 4.62. The van der Waals surface area contributed by atoms with Gasteiger partial charge in [-0.05, 0) is 62.3 Å². The highest BCUT2D eigenvalue weighted by molar-refractivity contribution is 6.32. The Balaban J connectivity index is 1.46. The molecule has 1 aromatic carbocycles. The lowest BCUT2D eigenvalue weighted by molar-refractivity contribution is -0.136. The Bertz CT molecular complexity index is 1170. The van der Waals surface area contributed by atoms with Crippen molar-refractivity contribution in [3.05, 3.63) is 51.8 Å². The number of halogens is 1. The molecule has 0 unspecified atom stereocenters. The maximum atomic E-state index is 12.1. The van der Waals surface area contributed by atoms with Crippen LogP contribution < -0.4 is 10.6 Å². The molecular formula is C24H30ClN7O2. The quantitative estimate of drug-likeness (QED) is 0.450. The number of carbonyl (C=O) groups excluding carboxylic acids is 1. The van der Waals surface area contributed by atoms with E-state index in [1.165, 1.54) is 11.1 Å². The lowest BCUT2D eigenvalue weighted by Gasteiger charge is -2.33. The number of benzene rings is 1. The number of rotatable bonds is 7. The molecule has 9 nitrogen and oxygen atoms in total. The van der Waals surface area contributed by atoms with Crippen molar-refractivity contribution in [1.82, 2.24) is 25.1 Å². The number of piperidine rings is 1. The Morgan fingerprint density at radius 3 is 2.62 bits per heavy atom. The minimum absolute atomic E-state index is 0.0626. The van der Waals surface area contributed by atoms with E-state index in [-0.39, 0.29) is 12.5 Å². The number of hydrogen-bond acceptors (Lipinski definition) is 7.